The average molecular weight is 328 g/mol. The summed E-state index contributed by atoms with van der Waals surface area (Å²) in [7, 11) is 0. The smallest absolute Gasteiger partial charge is 0.192 e. The quantitative estimate of drug-likeness (QED) is 0.503. The number of rotatable bonds is 6. The zero-order valence-electron chi connectivity index (χ0n) is 12.3. The van der Waals surface area contributed by atoms with E-state index in [1.807, 2.05) is 43.3 Å². The number of benzene rings is 1. The highest BCUT2D eigenvalue weighted by Gasteiger charge is 2.13. The van der Waals surface area contributed by atoms with Crippen LogP contribution in [0.3, 0.4) is 0 Å². The molecule has 2 heterocycles. The molecule has 0 N–H and O–H groups in total. The van der Waals surface area contributed by atoms with E-state index < -0.39 is 0 Å². The highest BCUT2D eigenvalue weighted by molar-refractivity contribution is 7.98. The van der Waals surface area contributed by atoms with E-state index in [2.05, 4.69) is 31.7 Å². The minimum absolute atomic E-state index is 0.690. The van der Waals surface area contributed by atoms with Gasteiger partial charge >= 0.3 is 0 Å². The molecule has 0 aliphatic rings. The topological polar surface area (TPSA) is 43.6 Å². The second-order valence-electron chi connectivity index (χ2n) is 4.72. The van der Waals surface area contributed by atoms with Crippen LogP contribution in [0.5, 0.6) is 0 Å². The lowest BCUT2D eigenvalue weighted by Crippen LogP contribution is -2.00. The maximum atomic E-state index is 4.49. The molecule has 0 aliphatic heterocycles. The minimum Gasteiger partial charge on any atom is -0.298 e. The highest BCUT2D eigenvalue weighted by atomic mass is 32.2. The number of allylic oxidation sites excluding steroid dienone is 1. The maximum Gasteiger partial charge on any atom is 0.192 e. The predicted molar refractivity (Wildman–Crippen MR) is 92.1 cm³/mol. The fourth-order valence-corrected chi connectivity index (χ4v) is 3.66. The zero-order valence-corrected chi connectivity index (χ0v) is 13.9. The molecular formula is C16H16N4S2. The van der Waals surface area contributed by atoms with Crippen molar-refractivity contribution in [3.8, 4) is 11.4 Å². The van der Waals surface area contributed by atoms with Gasteiger partial charge in [0.2, 0.25) is 0 Å². The van der Waals surface area contributed by atoms with Gasteiger partial charge in [0.25, 0.3) is 0 Å². The lowest BCUT2D eigenvalue weighted by Gasteiger charge is -2.07. The van der Waals surface area contributed by atoms with E-state index in [1.54, 1.807) is 23.1 Å². The Morgan fingerprint density at radius 3 is 2.77 bits per heavy atom. The molecule has 0 atom stereocenters. The van der Waals surface area contributed by atoms with E-state index >= 15 is 0 Å². The number of aryl methyl sites for hydroxylation is 1. The fourth-order valence-electron chi connectivity index (χ4n) is 2.10. The van der Waals surface area contributed by atoms with Crippen LogP contribution in [0.25, 0.3) is 11.4 Å². The lowest BCUT2D eigenvalue weighted by molar-refractivity contribution is 0.731. The third-order valence-corrected chi connectivity index (χ3v) is 4.90. The summed E-state index contributed by atoms with van der Waals surface area (Å²) >= 11 is 3.33. The van der Waals surface area contributed by atoms with Crippen molar-refractivity contribution in [2.45, 2.75) is 24.4 Å². The van der Waals surface area contributed by atoms with Crippen LogP contribution in [0.15, 0.2) is 53.5 Å². The monoisotopic (exact) mass is 328 g/mol. The molecule has 0 bridgehead atoms. The van der Waals surface area contributed by atoms with Crippen molar-refractivity contribution in [3.05, 3.63) is 59.1 Å². The summed E-state index contributed by atoms with van der Waals surface area (Å²) < 4.78 is 2.09. The number of thioether (sulfide) groups is 1. The van der Waals surface area contributed by atoms with Gasteiger partial charge in [0.15, 0.2) is 11.0 Å². The Balaban J connectivity index is 1.85. The molecule has 4 nitrogen and oxygen atoms in total. The molecule has 3 aromatic rings. The Labute approximate surface area is 137 Å². The molecule has 0 aliphatic carbocycles. The van der Waals surface area contributed by atoms with Gasteiger partial charge in [-0.1, -0.05) is 48.2 Å². The van der Waals surface area contributed by atoms with Crippen molar-refractivity contribution in [1.29, 1.82) is 0 Å². The largest absolute Gasteiger partial charge is 0.298 e. The highest BCUT2D eigenvalue weighted by Crippen LogP contribution is 2.26. The molecule has 0 spiro atoms. The SMILES string of the molecule is C=CCn1c(SCc2csc(C)n2)nnc1-c1ccccc1. The predicted octanol–water partition coefficient (Wildman–Crippen LogP) is 4.19. The normalized spacial score (nSPS) is 10.8. The molecule has 112 valence electrons. The molecule has 0 fully saturated rings. The zero-order chi connectivity index (χ0) is 15.4. The first-order valence-corrected chi connectivity index (χ1v) is 8.78. The first kappa shape index (κ1) is 15.0. The van der Waals surface area contributed by atoms with E-state index in [4.69, 9.17) is 0 Å². The van der Waals surface area contributed by atoms with Gasteiger partial charge in [-0.3, -0.25) is 4.57 Å². The third kappa shape index (κ3) is 3.28. The Morgan fingerprint density at radius 1 is 1.27 bits per heavy atom. The van der Waals surface area contributed by atoms with Gasteiger partial charge in [0.1, 0.15) is 0 Å². The van der Waals surface area contributed by atoms with Crippen LogP contribution in [0.1, 0.15) is 10.7 Å². The molecule has 22 heavy (non-hydrogen) atoms. The molecule has 0 unspecified atom stereocenters. The van der Waals surface area contributed by atoms with Gasteiger partial charge < -0.3 is 0 Å². The van der Waals surface area contributed by atoms with E-state index in [0.717, 1.165) is 33.0 Å². The average Bonchev–Trinajstić information content (AvgIpc) is 3.13. The lowest BCUT2D eigenvalue weighted by atomic mass is 10.2. The number of hydrogen-bond acceptors (Lipinski definition) is 5. The first-order valence-electron chi connectivity index (χ1n) is 6.91. The molecule has 1 aromatic carbocycles. The van der Waals surface area contributed by atoms with Gasteiger partial charge in [-0.2, -0.15) is 0 Å². The summed E-state index contributed by atoms with van der Waals surface area (Å²) in [6, 6.07) is 10.1. The molecule has 0 saturated heterocycles. The van der Waals surface area contributed by atoms with Crippen LogP contribution in [0.2, 0.25) is 0 Å². The fraction of sp³-hybridized carbons (Fsp3) is 0.188. The van der Waals surface area contributed by atoms with Crippen LogP contribution in [0.4, 0.5) is 0 Å². The number of hydrogen-bond donors (Lipinski definition) is 0. The van der Waals surface area contributed by atoms with Gasteiger partial charge in [-0.05, 0) is 6.92 Å². The Bertz CT molecular complexity index is 762. The van der Waals surface area contributed by atoms with Crippen LogP contribution in [-0.2, 0) is 12.3 Å². The number of thiazole rings is 1. The van der Waals surface area contributed by atoms with Crippen LogP contribution >= 0.6 is 23.1 Å². The Hall–Kier alpha value is -1.92. The van der Waals surface area contributed by atoms with Crippen molar-refractivity contribution < 1.29 is 0 Å². The van der Waals surface area contributed by atoms with E-state index in [1.165, 1.54) is 0 Å². The second kappa shape index (κ2) is 6.89. The summed E-state index contributed by atoms with van der Waals surface area (Å²) in [5.74, 6) is 1.67. The van der Waals surface area contributed by atoms with Crippen LogP contribution < -0.4 is 0 Å². The van der Waals surface area contributed by atoms with Gasteiger partial charge in [0.05, 0.1) is 10.7 Å². The van der Waals surface area contributed by atoms with Crippen molar-refractivity contribution in [1.82, 2.24) is 19.7 Å². The van der Waals surface area contributed by atoms with Gasteiger partial charge in [0, 0.05) is 23.2 Å². The van der Waals surface area contributed by atoms with Crippen LogP contribution in [-0.4, -0.2) is 19.7 Å². The van der Waals surface area contributed by atoms with E-state index in [-0.39, 0.29) is 0 Å². The van der Waals surface area contributed by atoms with E-state index in [0.29, 0.717) is 6.54 Å². The standard InChI is InChI=1S/C16H16N4S2/c1-3-9-20-15(13-7-5-4-6-8-13)18-19-16(20)22-11-14-10-21-12(2)17-14/h3-8,10H,1,9,11H2,2H3. The molecule has 3 rings (SSSR count). The first-order chi connectivity index (χ1) is 10.8. The van der Waals surface area contributed by atoms with Gasteiger partial charge in [-0.15, -0.1) is 28.1 Å². The van der Waals surface area contributed by atoms with Gasteiger partial charge in [-0.25, -0.2) is 4.98 Å². The summed E-state index contributed by atoms with van der Waals surface area (Å²) in [6.45, 7) is 6.55. The summed E-state index contributed by atoms with van der Waals surface area (Å²) in [4.78, 5) is 4.49. The Morgan fingerprint density at radius 2 is 2.09 bits per heavy atom. The summed E-state index contributed by atoms with van der Waals surface area (Å²) in [5.41, 5.74) is 2.15. The molecular weight excluding hydrogens is 312 g/mol. The number of nitrogens with zero attached hydrogens (tertiary/aromatic N) is 4. The van der Waals surface area contributed by atoms with Crippen LogP contribution in [0, 0.1) is 6.92 Å². The van der Waals surface area contributed by atoms with Crippen molar-refractivity contribution in [2.75, 3.05) is 0 Å². The molecule has 0 saturated carbocycles. The Kier molecular flexibility index (Phi) is 4.70. The third-order valence-electron chi connectivity index (χ3n) is 3.08. The maximum absolute atomic E-state index is 4.49. The van der Waals surface area contributed by atoms with Crippen molar-refractivity contribution >= 4 is 23.1 Å². The molecule has 0 radical (unpaired) electrons. The minimum atomic E-state index is 0.690. The molecule has 6 heteroatoms. The summed E-state index contributed by atoms with van der Waals surface area (Å²) in [6.07, 6.45) is 1.87. The van der Waals surface area contributed by atoms with E-state index in [9.17, 15) is 0 Å². The van der Waals surface area contributed by atoms with Crippen molar-refractivity contribution in [3.63, 3.8) is 0 Å². The summed E-state index contributed by atoms with van der Waals surface area (Å²) in [5, 5.41) is 12.8. The number of aromatic nitrogens is 4. The molecule has 2 aromatic heterocycles. The van der Waals surface area contributed by atoms with Crippen molar-refractivity contribution in [2.24, 2.45) is 0 Å². The second-order valence-corrected chi connectivity index (χ2v) is 6.72. The molecule has 0 amide bonds.